The van der Waals surface area contributed by atoms with Crippen LogP contribution >= 0.6 is 27.3 Å². The number of halogens is 1. The molecule has 0 aliphatic rings. The molecule has 0 N–H and O–H groups in total. The molecule has 17 heavy (non-hydrogen) atoms. The molecule has 1 aromatic carbocycles. The third-order valence-electron chi connectivity index (χ3n) is 3.09. The maximum absolute atomic E-state index is 3.65. The normalized spacial score (nSPS) is 12.6. The van der Waals surface area contributed by atoms with Gasteiger partial charge in [-0.1, -0.05) is 40.2 Å². The van der Waals surface area contributed by atoms with Crippen molar-refractivity contribution in [1.29, 1.82) is 0 Å². The lowest BCUT2D eigenvalue weighted by Crippen LogP contribution is -2.10. The molecule has 0 aliphatic heterocycles. The van der Waals surface area contributed by atoms with E-state index in [1.807, 2.05) is 0 Å². The second kappa shape index (κ2) is 6.36. The zero-order chi connectivity index (χ0) is 12.1. The van der Waals surface area contributed by atoms with Gasteiger partial charge in [-0.25, -0.2) is 0 Å². The molecule has 0 saturated carbocycles. The minimum atomic E-state index is 0.686. The highest BCUT2D eigenvalue weighted by molar-refractivity contribution is 9.09. The molecule has 2 heteroatoms. The summed E-state index contributed by atoms with van der Waals surface area (Å²) < 4.78 is 0. The molecule has 90 valence electrons. The van der Waals surface area contributed by atoms with E-state index in [1.165, 1.54) is 23.1 Å². The number of rotatable bonds is 5. The Morgan fingerprint density at radius 3 is 2.65 bits per heavy atom. The van der Waals surface area contributed by atoms with Gasteiger partial charge in [-0.2, -0.15) is 11.3 Å². The smallest absolute Gasteiger partial charge is 0.00660 e. The van der Waals surface area contributed by atoms with Gasteiger partial charge in [-0.15, -0.1) is 0 Å². The van der Waals surface area contributed by atoms with Crippen molar-refractivity contribution in [2.75, 3.05) is 5.33 Å². The second-order valence-corrected chi connectivity index (χ2v) is 5.91. The Hall–Kier alpha value is -0.600. The Kier molecular flexibility index (Phi) is 4.81. The van der Waals surface area contributed by atoms with Gasteiger partial charge in [-0.05, 0) is 59.2 Å². The molecule has 0 spiro atoms. The van der Waals surface area contributed by atoms with Crippen LogP contribution in [0.5, 0.6) is 0 Å². The first-order valence-electron chi connectivity index (χ1n) is 5.91. The van der Waals surface area contributed by atoms with Gasteiger partial charge in [0.2, 0.25) is 0 Å². The standard InChI is InChI=1S/C15H17BrS/c1-12-4-2-3-5-15(12)9-14(10-16)8-13-6-7-17-11-13/h2-7,11,14H,8-10H2,1H3. The molecule has 1 heterocycles. The predicted molar refractivity (Wildman–Crippen MR) is 80.2 cm³/mol. The van der Waals surface area contributed by atoms with Gasteiger partial charge in [0.05, 0.1) is 0 Å². The molecule has 2 rings (SSSR count). The Morgan fingerprint density at radius 2 is 2.00 bits per heavy atom. The highest BCUT2D eigenvalue weighted by Gasteiger charge is 2.10. The van der Waals surface area contributed by atoms with E-state index in [2.05, 4.69) is 63.9 Å². The number of benzene rings is 1. The van der Waals surface area contributed by atoms with Gasteiger partial charge in [0, 0.05) is 5.33 Å². The summed E-state index contributed by atoms with van der Waals surface area (Å²) in [7, 11) is 0. The van der Waals surface area contributed by atoms with Gasteiger partial charge < -0.3 is 0 Å². The molecule has 0 nitrogen and oxygen atoms in total. The van der Waals surface area contributed by atoms with Gasteiger partial charge >= 0.3 is 0 Å². The number of thiophene rings is 1. The molecular weight excluding hydrogens is 292 g/mol. The lowest BCUT2D eigenvalue weighted by Gasteiger charge is -2.14. The predicted octanol–water partition coefficient (Wildman–Crippen LogP) is 4.85. The molecule has 0 bridgehead atoms. The fraction of sp³-hybridized carbons (Fsp3) is 0.333. The van der Waals surface area contributed by atoms with Crippen molar-refractivity contribution in [3.63, 3.8) is 0 Å². The summed E-state index contributed by atoms with van der Waals surface area (Å²) in [5.74, 6) is 0.686. The van der Waals surface area contributed by atoms with Crippen LogP contribution in [0.2, 0.25) is 0 Å². The van der Waals surface area contributed by atoms with Crippen LogP contribution < -0.4 is 0 Å². The first kappa shape index (κ1) is 12.8. The number of hydrogen-bond acceptors (Lipinski definition) is 1. The lowest BCUT2D eigenvalue weighted by atomic mass is 9.93. The Bertz CT molecular complexity index is 448. The van der Waals surface area contributed by atoms with E-state index in [9.17, 15) is 0 Å². The molecule has 2 aromatic rings. The largest absolute Gasteiger partial charge is 0.152 e. The molecule has 0 amide bonds. The second-order valence-electron chi connectivity index (χ2n) is 4.49. The van der Waals surface area contributed by atoms with Crippen LogP contribution in [0.4, 0.5) is 0 Å². The fourth-order valence-electron chi connectivity index (χ4n) is 2.07. The zero-order valence-corrected chi connectivity index (χ0v) is 12.4. The summed E-state index contributed by atoms with van der Waals surface area (Å²) >= 11 is 5.43. The third kappa shape index (κ3) is 3.68. The SMILES string of the molecule is Cc1ccccc1CC(CBr)Cc1ccsc1. The Balaban J connectivity index is 2.03. The Morgan fingerprint density at radius 1 is 1.18 bits per heavy atom. The zero-order valence-electron chi connectivity index (χ0n) is 10.0. The molecule has 0 radical (unpaired) electrons. The first-order chi connectivity index (χ1) is 8.29. The van der Waals surface area contributed by atoms with Crippen LogP contribution in [0.15, 0.2) is 41.1 Å². The van der Waals surface area contributed by atoms with Gasteiger partial charge in [0.1, 0.15) is 0 Å². The van der Waals surface area contributed by atoms with Crippen molar-refractivity contribution >= 4 is 27.3 Å². The van der Waals surface area contributed by atoms with E-state index in [0.717, 1.165) is 11.8 Å². The van der Waals surface area contributed by atoms with Gasteiger partial charge in [-0.3, -0.25) is 0 Å². The highest BCUT2D eigenvalue weighted by atomic mass is 79.9. The molecule has 0 fully saturated rings. The van der Waals surface area contributed by atoms with E-state index in [-0.39, 0.29) is 0 Å². The minimum absolute atomic E-state index is 0.686. The average molecular weight is 309 g/mol. The van der Waals surface area contributed by atoms with Gasteiger partial charge in [0.25, 0.3) is 0 Å². The third-order valence-corrected chi connectivity index (χ3v) is 4.74. The van der Waals surface area contributed by atoms with Crippen LogP contribution in [0.3, 0.4) is 0 Å². The lowest BCUT2D eigenvalue weighted by molar-refractivity contribution is 0.590. The van der Waals surface area contributed by atoms with Crippen molar-refractivity contribution in [1.82, 2.24) is 0 Å². The average Bonchev–Trinajstić information content (AvgIpc) is 2.84. The maximum Gasteiger partial charge on any atom is 0.00660 e. The summed E-state index contributed by atoms with van der Waals surface area (Å²) in [6.07, 6.45) is 2.33. The van der Waals surface area contributed by atoms with Crippen LogP contribution in [0.1, 0.15) is 16.7 Å². The highest BCUT2D eigenvalue weighted by Crippen LogP contribution is 2.20. The summed E-state index contributed by atoms with van der Waals surface area (Å²) in [4.78, 5) is 0. The molecule has 0 saturated heterocycles. The van der Waals surface area contributed by atoms with Crippen molar-refractivity contribution in [2.45, 2.75) is 19.8 Å². The van der Waals surface area contributed by atoms with Crippen molar-refractivity contribution < 1.29 is 0 Å². The van der Waals surface area contributed by atoms with Crippen LogP contribution in [-0.4, -0.2) is 5.33 Å². The summed E-state index contributed by atoms with van der Waals surface area (Å²) in [6, 6.07) is 10.9. The van der Waals surface area contributed by atoms with E-state index < -0.39 is 0 Å². The van der Waals surface area contributed by atoms with Crippen LogP contribution in [-0.2, 0) is 12.8 Å². The topological polar surface area (TPSA) is 0 Å². The van der Waals surface area contributed by atoms with E-state index >= 15 is 0 Å². The minimum Gasteiger partial charge on any atom is -0.152 e. The van der Waals surface area contributed by atoms with E-state index in [0.29, 0.717) is 5.92 Å². The summed E-state index contributed by atoms with van der Waals surface area (Å²) in [5.41, 5.74) is 4.35. The summed E-state index contributed by atoms with van der Waals surface area (Å²) in [5, 5.41) is 5.49. The van der Waals surface area contributed by atoms with Crippen molar-refractivity contribution in [2.24, 2.45) is 5.92 Å². The Labute approximate surface area is 116 Å². The first-order valence-corrected chi connectivity index (χ1v) is 7.97. The van der Waals surface area contributed by atoms with E-state index in [4.69, 9.17) is 0 Å². The molecule has 1 unspecified atom stereocenters. The van der Waals surface area contributed by atoms with Gasteiger partial charge in [0.15, 0.2) is 0 Å². The molecule has 1 atom stereocenters. The number of alkyl halides is 1. The monoisotopic (exact) mass is 308 g/mol. The summed E-state index contributed by atoms with van der Waals surface area (Å²) in [6.45, 7) is 2.20. The molecule has 1 aromatic heterocycles. The fourth-order valence-corrected chi connectivity index (χ4v) is 3.21. The van der Waals surface area contributed by atoms with Crippen molar-refractivity contribution in [3.05, 3.63) is 57.8 Å². The molecule has 0 aliphatic carbocycles. The van der Waals surface area contributed by atoms with Crippen LogP contribution in [0.25, 0.3) is 0 Å². The van der Waals surface area contributed by atoms with E-state index in [1.54, 1.807) is 11.3 Å². The quantitative estimate of drug-likeness (QED) is 0.692. The number of aryl methyl sites for hydroxylation is 1. The van der Waals surface area contributed by atoms with Crippen LogP contribution in [0, 0.1) is 12.8 Å². The van der Waals surface area contributed by atoms with Crippen molar-refractivity contribution in [3.8, 4) is 0 Å². The number of hydrogen-bond donors (Lipinski definition) is 0. The molecular formula is C15H17BrS. The maximum atomic E-state index is 3.65.